The van der Waals surface area contributed by atoms with Gasteiger partial charge < -0.3 is 24.3 Å². The molecule has 2 aromatic rings. The van der Waals surface area contributed by atoms with Crippen LogP contribution in [0.2, 0.25) is 0 Å². The maximum Gasteiger partial charge on any atom is 1.00 e. The van der Waals surface area contributed by atoms with Crippen molar-refractivity contribution in [2.24, 2.45) is 0 Å². The molecule has 2 heterocycles. The van der Waals surface area contributed by atoms with Crippen molar-refractivity contribution in [3.8, 4) is 0 Å². The number of fused-ring (bicyclic) bond motifs is 2. The van der Waals surface area contributed by atoms with Crippen LogP contribution in [0.1, 0.15) is 20.7 Å². The van der Waals surface area contributed by atoms with E-state index in [-0.39, 0.29) is 165 Å². The van der Waals surface area contributed by atoms with E-state index < -0.39 is 79.3 Å². The van der Waals surface area contributed by atoms with Gasteiger partial charge in [0.1, 0.15) is 41.7 Å². The van der Waals surface area contributed by atoms with Crippen molar-refractivity contribution >= 4 is 53.3 Å². The molecule has 168 valence electrons. The molecule has 0 aromatic heterocycles. The van der Waals surface area contributed by atoms with Crippen LogP contribution in [0.4, 0.5) is 11.4 Å². The summed E-state index contributed by atoms with van der Waals surface area (Å²) in [6.07, 6.45) is 0. The molecular weight excluding hydrogens is 610 g/mol. The maximum absolute atomic E-state index is 12.8. The Labute approximate surface area is 326 Å². The zero-order chi connectivity index (χ0) is 23.8. The molecule has 4 rings (SSSR count). The Balaban J connectivity index is 0.00000204. The van der Waals surface area contributed by atoms with Gasteiger partial charge in [-0.25, -0.2) is 25.3 Å². The zero-order valence-corrected chi connectivity index (χ0v) is 29.9. The first kappa shape index (κ1) is 34.8. The van der Waals surface area contributed by atoms with Gasteiger partial charge in [-0.05, 0) is 30.3 Å². The van der Waals surface area contributed by atoms with Crippen molar-refractivity contribution in [3.05, 3.63) is 52.9 Å². The van der Waals surface area contributed by atoms with Crippen molar-refractivity contribution in [2.45, 2.75) is 14.7 Å². The Morgan fingerprint density at radius 2 is 1.09 bits per heavy atom. The van der Waals surface area contributed by atoms with Crippen LogP contribution in [0.3, 0.4) is 0 Å². The van der Waals surface area contributed by atoms with E-state index in [2.05, 4.69) is 10.6 Å². The molecule has 2 aliphatic heterocycles. The third-order valence-corrected chi connectivity index (χ3v) is 7.12. The molecule has 35 heavy (non-hydrogen) atoms. The molecule has 2 aliphatic rings. The smallest absolute Gasteiger partial charge is 0.744 e. The van der Waals surface area contributed by atoms with Crippen LogP contribution in [0.25, 0.3) is 0 Å². The van der Waals surface area contributed by atoms with Crippen molar-refractivity contribution in [1.82, 2.24) is 0 Å². The molecule has 0 saturated heterocycles. The summed E-state index contributed by atoms with van der Waals surface area (Å²) in [7, 11) is -15.5. The number of rotatable bonds is 3. The largest absolute Gasteiger partial charge is 1.00 e. The van der Waals surface area contributed by atoms with Crippen LogP contribution in [0.5, 0.6) is 0 Å². The van der Waals surface area contributed by atoms with Crippen LogP contribution in [-0.2, 0) is 30.4 Å². The predicted molar refractivity (Wildman–Crippen MR) is 99.7 cm³/mol. The average Bonchev–Trinajstić information content (AvgIpc) is 3.16. The number of allylic oxidation sites excluding steroid dienone is 2. The summed E-state index contributed by atoms with van der Waals surface area (Å²) in [5.41, 5.74) is -2.62. The first-order chi connectivity index (χ1) is 14.6. The first-order valence-corrected chi connectivity index (χ1v) is 12.4. The molecule has 2 N–H and O–H groups in total. The molecule has 0 aliphatic carbocycles. The summed E-state index contributed by atoms with van der Waals surface area (Å²) in [6.45, 7) is 0. The molecule has 19 heteroatoms. The standard InChI is InChI=1S/C16H10N2O11S3.3K/c19-15-8-3-6(30(21,22)23)1-2-10(8)17-13(15)14-16(20)9-4-7(31(24,25)26)5-11(12(9)18-14)32(27,28)29;;;/h1-5,17-18H,(H,21,22,23)(H,24,25,26)(H,27,28,29);;;/q;3*+1/p-3/b14-13-;;;. The number of hydrogen-bond acceptors (Lipinski definition) is 13. The van der Waals surface area contributed by atoms with E-state index in [0.717, 1.165) is 18.2 Å². The molecule has 0 bridgehead atoms. The van der Waals surface area contributed by atoms with Gasteiger partial charge in [-0.3, -0.25) is 9.59 Å². The Hall–Kier alpha value is 1.76. The fraction of sp³-hybridized carbons (Fsp3) is 0. The second-order valence-electron chi connectivity index (χ2n) is 6.57. The summed E-state index contributed by atoms with van der Waals surface area (Å²) >= 11 is 0. The number of benzene rings is 2. The van der Waals surface area contributed by atoms with E-state index in [9.17, 15) is 48.5 Å². The fourth-order valence-corrected chi connectivity index (χ4v) is 4.99. The molecular formula is C16H7K3N2O11S3. The van der Waals surface area contributed by atoms with E-state index in [4.69, 9.17) is 0 Å². The van der Waals surface area contributed by atoms with Crippen molar-refractivity contribution in [2.75, 3.05) is 10.6 Å². The number of anilines is 2. The van der Waals surface area contributed by atoms with Gasteiger partial charge >= 0.3 is 154 Å². The Bertz CT molecular complexity index is 1630. The third-order valence-electron chi connectivity index (χ3n) is 4.62. The van der Waals surface area contributed by atoms with E-state index in [1.54, 1.807) is 0 Å². The summed E-state index contributed by atoms with van der Waals surface area (Å²) in [4.78, 5) is 22.5. The van der Waals surface area contributed by atoms with Gasteiger partial charge in [-0.15, -0.1) is 0 Å². The van der Waals surface area contributed by atoms with Gasteiger partial charge in [0.25, 0.3) is 0 Å². The van der Waals surface area contributed by atoms with Gasteiger partial charge in [0.15, 0.2) is 0 Å². The van der Waals surface area contributed by atoms with Crippen LogP contribution in [-0.4, -0.2) is 50.5 Å². The number of Topliss-reactive ketones (excluding diaryl/α,β-unsaturated/α-hetero) is 2. The number of nitrogens with one attached hydrogen (secondary N) is 2. The average molecular weight is 617 g/mol. The second-order valence-corrected chi connectivity index (χ2v) is 10.7. The van der Waals surface area contributed by atoms with E-state index in [0.29, 0.717) is 12.1 Å². The molecule has 0 atom stereocenters. The number of carbonyl (C=O) groups excluding carboxylic acids is 2. The normalized spacial score (nSPS) is 16.7. The first-order valence-electron chi connectivity index (χ1n) is 8.16. The topological polar surface area (TPSA) is 230 Å². The number of carbonyl (C=O) groups is 2. The maximum atomic E-state index is 12.8. The van der Waals surface area contributed by atoms with Crippen molar-refractivity contribution < 1.29 is 203 Å². The molecule has 13 nitrogen and oxygen atoms in total. The second kappa shape index (κ2) is 12.1. The van der Waals surface area contributed by atoms with Gasteiger partial charge in [0, 0.05) is 5.56 Å². The third kappa shape index (κ3) is 6.92. The molecule has 0 radical (unpaired) electrons. The van der Waals surface area contributed by atoms with Crippen LogP contribution in [0, 0.1) is 0 Å². The minimum Gasteiger partial charge on any atom is -0.744 e. The Morgan fingerprint density at radius 3 is 1.60 bits per heavy atom. The van der Waals surface area contributed by atoms with Crippen molar-refractivity contribution in [1.29, 1.82) is 0 Å². The Kier molecular flexibility index (Phi) is 12.0. The summed E-state index contributed by atoms with van der Waals surface area (Å²) in [6, 6.07) is 3.64. The van der Waals surface area contributed by atoms with E-state index in [1.807, 2.05) is 0 Å². The van der Waals surface area contributed by atoms with Gasteiger partial charge in [-0.1, -0.05) is 0 Å². The quantitative estimate of drug-likeness (QED) is 0.186. The Morgan fingerprint density at radius 1 is 0.600 bits per heavy atom. The van der Waals surface area contributed by atoms with E-state index in [1.165, 1.54) is 0 Å². The number of ketones is 2. The van der Waals surface area contributed by atoms with Gasteiger partial charge in [0.2, 0.25) is 11.6 Å². The van der Waals surface area contributed by atoms with Crippen molar-refractivity contribution in [3.63, 3.8) is 0 Å². The van der Waals surface area contributed by atoms with Gasteiger partial charge in [-0.2, -0.15) is 0 Å². The minimum absolute atomic E-state index is 0. The summed E-state index contributed by atoms with van der Waals surface area (Å²) in [5, 5.41) is 4.80. The monoisotopic (exact) mass is 616 g/mol. The molecule has 0 saturated carbocycles. The predicted octanol–water partition coefficient (Wildman–Crippen LogP) is -9.46. The summed E-state index contributed by atoms with van der Waals surface area (Å²) < 4.78 is 102. The molecule has 2 aromatic carbocycles. The van der Waals surface area contributed by atoms with Crippen LogP contribution in [0.15, 0.2) is 56.4 Å². The summed E-state index contributed by atoms with van der Waals surface area (Å²) in [5.74, 6) is -2.06. The molecule has 0 unspecified atom stereocenters. The number of hydrogen-bond donors (Lipinski definition) is 2. The molecule has 0 amide bonds. The van der Waals surface area contributed by atoms with Crippen LogP contribution >= 0.6 is 0 Å². The fourth-order valence-electron chi connectivity index (χ4n) is 3.21. The van der Waals surface area contributed by atoms with Crippen LogP contribution < -0.4 is 165 Å². The molecule has 0 spiro atoms. The van der Waals surface area contributed by atoms with Gasteiger partial charge in [0.05, 0.1) is 31.6 Å². The SMILES string of the molecule is O=C1/C(=C2/Nc3c(cc(S(=O)(=O)[O-])cc3S(=O)(=O)[O-])C2=O)Nc2ccc(S(=O)(=O)[O-])cc21.[K+].[K+].[K+]. The molecule has 0 fully saturated rings. The minimum atomic E-state index is -5.37. The zero-order valence-electron chi connectivity index (χ0n) is 18.1. The van der Waals surface area contributed by atoms with E-state index >= 15 is 0 Å².